The lowest BCUT2D eigenvalue weighted by atomic mass is 9.99. The highest BCUT2D eigenvalue weighted by molar-refractivity contribution is 6.34. The Morgan fingerprint density at radius 1 is 1.33 bits per heavy atom. The van der Waals surface area contributed by atoms with Crippen LogP contribution in [0, 0.1) is 0 Å². The fourth-order valence-electron chi connectivity index (χ4n) is 3.47. The SMILES string of the molecule is COc1ccc(C(=O)CCC(=O)N2CCC3(CC2)NC(=O)C(C)O3)c(Cl)c1. The number of rotatable bonds is 5. The number of methoxy groups -OCH3 is 1. The quantitative estimate of drug-likeness (QED) is 0.773. The van der Waals surface area contributed by atoms with E-state index in [1.54, 1.807) is 30.0 Å². The summed E-state index contributed by atoms with van der Waals surface area (Å²) in [6.07, 6.45) is 0.855. The summed E-state index contributed by atoms with van der Waals surface area (Å²) in [5.74, 6) is 0.201. The van der Waals surface area contributed by atoms with Gasteiger partial charge < -0.3 is 19.7 Å². The lowest BCUT2D eigenvalue weighted by molar-refractivity contribution is -0.138. The van der Waals surface area contributed by atoms with Crippen LogP contribution >= 0.6 is 11.6 Å². The van der Waals surface area contributed by atoms with Crippen molar-refractivity contribution in [3.05, 3.63) is 28.8 Å². The van der Waals surface area contributed by atoms with Gasteiger partial charge in [-0.3, -0.25) is 14.4 Å². The standard InChI is InChI=1S/C19H23ClN2O5/c1-12-18(25)21-19(27-12)7-9-22(10-8-19)17(24)6-5-16(23)14-4-3-13(26-2)11-15(14)20/h3-4,11-12H,5-10H2,1-2H3,(H,21,25). The van der Waals surface area contributed by atoms with Crippen molar-refractivity contribution in [1.29, 1.82) is 0 Å². The van der Waals surface area contributed by atoms with Gasteiger partial charge in [-0.1, -0.05) is 11.6 Å². The first kappa shape index (κ1) is 19.6. The summed E-state index contributed by atoms with van der Waals surface area (Å²) < 4.78 is 10.8. The molecule has 1 aromatic rings. The van der Waals surface area contributed by atoms with Crippen LogP contribution in [0.5, 0.6) is 5.75 Å². The maximum atomic E-state index is 12.4. The van der Waals surface area contributed by atoms with Crippen LogP contribution in [-0.4, -0.2) is 54.5 Å². The molecule has 1 aromatic carbocycles. The smallest absolute Gasteiger partial charge is 0.251 e. The Labute approximate surface area is 162 Å². The highest BCUT2D eigenvalue weighted by Gasteiger charge is 2.45. The number of ketones is 1. The molecule has 1 unspecified atom stereocenters. The summed E-state index contributed by atoms with van der Waals surface area (Å²) in [4.78, 5) is 38.2. The minimum atomic E-state index is -0.653. The Morgan fingerprint density at radius 2 is 2.04 bits per heavy atom. The summed E-state index contributed by atoms with van der Waals surface area (Å²) in [6.45, 7) is 2.70. The third kappa shape index (κ3) is 4.25. The first-order chi connectivity index (χ1) is 12.8. The molecule has 7 nitrogen and oxygen atoms in total. The number of hydrogen-bond donors (Lipinski definition) is 1. The van der Waals surface area contributed by atoms with Crippen molar-refractivity contribution < 1.29 is 23.9 Å². The van der Waals surface area contributed by atoms with Crippen LogP contribution in [0.2, 0.25) is 5.02 Å². The zero-order valence-corrected chi connectivity index (χ0v) is 16.2. The van der Waals surface area contributed by atoms with Crippen molar-refractivity contribution >= 4 is 29.2 Å². The summed E-state index contributed by atoms with van der Waals surface area (Å²) in [7, 11) is 1.53. The van der Waals surface area contributed by atoms with Gasteiger partial charge in [0.15, 0.2) is 5.78 Å². The van der Waals surface area contributed by atoms with Crippen molar-refractivity contribution in [3.63, 3.8) is 0 Å². The van der Waals surface area contributed by atoms with Crippen molar-refractivity contribution in [2.45, 2.75) is 44.4 Å². The maximum Gasteiger partial charge on any atom is 0.251 e. The summed E-state index contributed by atoms with van der Waals surface area (Å²) in [5.41, 5.74) is -0.265. The Hall–Kier alpha value is -2.12. The Morgan fingerprint density at radius 3 is 2.59 bits per heavy atom. The second-order valence-electron chi connectivity index (χ2n) is 6.89. The van der Waals surface area contributed by atoms with E-state index in [4.69, 9.17) is 21.1 Å². The molecule has 3 rings (SSSR count). The highest BCUT2D eigenvalue weighted by atomic mass is 35.5. The molecule has 1 N–H and O–H groups in total. The van der Waals surface area contributed by atoms with Crippen LogP contribution in [0.3, 0.4) is 0 Å². The first-order valence-electron chi connectivity index (χ1n) is 8.98. The van der Waals surface area contributed by atoms with Crippen LogP contribution in [0.4, 0.5) is 0 Å². The van der Waals surface area contributed by atoms with Crippen LogP contribution in [0.1, 0.15) is 43.0 Å². The van der Waals surface area contributed by atoms with E-state index in [2.05, 4.69) is 5.32 Å². The van der Waals surface area contributed by atoms with Gasteiger partial charge in [0.2, 0.25) is 5.91 Å². The molecule has 8 heteroatoms. The molecular weight excluding hydrogens is 372 g/mol. The van der Waals surface area contributed by atoms with Gasteiger partial charge in [-0.25, -0.2) is 0 Å². The molecule has 2 heterocycles. The van der Waals surface area contributed by atoms with Crippen molar-refractivity contribution in [1.82, 2.24) is 10.2 Å². The number of amides is 2. The maximum absolute atomic E-state index is 12.4. The van der Waals surface area contributed by atoms with E-state index in [0.717, 1.165) is 0 Å². The van der Waals surface area contributed by atoms with Gasteiger partial charge in [-0.15, -0.1) is 0 Å². The molecule has 2 amide bonds. The summed E-state index contributed by atoms with van der Waals surface area (Å²) in [5, 5.41) is 3.20. The number of halogens is 1. The average molecular weight is 395 g/mol. The molecule has 2 fully saturated rings. The summed E-state index contributed by atoms with van der Waals surface area (Å²) in [6, 6.07) is 4.86. The van der Waals surface area contributed by atoms with Crippen molar-refractivity contribution in [2.24, 2.45) is 0 Å². The van der Waals surface area contributed by atoms with E-state index >= 15 is 0 Å². The molecule has 1 spiro atoms. The fourth-order valence-corrected chi connectivity index (χ4v) is 3.75. The molecule has 0 radical (unpaired) electrons. The van der Waals surface area contributed by atoms with E-state index in [9.17, 15) is 14.4 Å². The Kier molecular flexibility index (Phi) is 5.72. The molecule has 0 saturated carbocycles. The Bertz CT molecular complexity index is 758. The predicted octanol–water partition coefficient (Wildman–Crippen LogP) is 2.17. The van der Waals surface area contributed by atoms with Gasteiger partial charge in [-0.05, 0) is 25.1 Å². The largest absolute Gasteiger partial charge is 0.497 e. The molecule has 146 valence electrons. The van der Waals surface area contributed by atoms with Crippen molar-refractivity contribution in [3.8, 4) is 5.75 Å². The molecule has 0 aliphatic carbocycles. The van der Waals surface area contributed by atoms with E-state index in [0.29, 0.717) is 42.3 Å². The zero-order chi connectivity index (χ0) is 19.6. The number of carbonyl (C=O) groups excluding carboxylic acids is 3. The van der Waals surface area contributed by atoms with Crippen LogP contribution in [0.25, 0.3) is 0 Å². The van der Waals surface area contributed by atoms with Gasteiger partial charge in [-0.2, -0.15) is 0 Å². The number of likely N-dealkylation sites (tertiary alicyclic amines) is 1. The molecular formula is C19H23ClN2O5. The number of hydrogen-bond acceptors (Lipinski definition) is 5. The van der Waals surface area contributed by atoms with E-state index in [1.165, 1.54) is 7.11 Å². The molecule has 2 saturated heterocycles. The number of ether oxygens (including phenoxy) is 2. The Balaban J connectivity index is 1.50. The number of benzene rings is 1. The van der Waals surface area contributed by atoms with Crippen LogP contribution in [0.15, 0.2) is 18.2 Å². The third-order valence-corrected chi connectivity index (χ3v) is 5.40. The van der Waals surface area contributed by atoms with E-state index in [-0.39, 0.29) is 30.4 Å². The second-order valence-corrected chi connectivity index (χ2v) is 7.30. The molecule has 2 aliphatic heterocycles. The number of Topliss-reactive ketones (excluding diaryl/α,β-unsaturated/α-hetero) is 1. The molecule has 0 aromatic heterocycles. The van der Waals surface area contributed by atoms with Gasteiger partial charge in [0.1, 0.15) is 17.6 Å². The molecule has 1 atom stereocenters. The summed E-state index contributed by atoms with van der Waals surface area (Å²) >= 11 is 6.12. The topological polar surface area (TPSA) is 84.9 Å². The van der Waals surface area contributed by atoms with Gasteiger partial charge in [0.05, 0.1) is 12.1 Å². The first-order valence-corrected chi connectivity index (χ1v) is 9.36. The molecule has 2 aliphatic rings. The van der Waals surface area contributed by atoms with Crippen LogP contribution in [-0.2, 0) is 14.3 Å². The normalized spacial score (nSPS) is 21.2. The molecule has 0 bridgehead atoms. The minimum absolute atomic E-state index is 0.0831. The van der Waals surface area contributed by atoms with Gasteiger partial charge >= 0.3 is 0 Å². The van der Waals surface area contributed by atoms with Crippen LogP contribution < -0.4 is 10.1 Å². The number of carbonyl (C=O) groups is 3. The average Bonchev–Trinajstić information content (AvgIpc) is 2.93. The third-order valence-electron chi connectivity index (χ3n) is 5.09. The number of nitrogens with zero attached hydrogens (tertiary/aromatic N) is 1. The monoisotopic (exact) mass is 394 g/mol. The van der Waals surface area contributed by atoms with Gasteiger partial charge in [0.25, 0.3) is 5.91 Å². The fraction of sp³-hybridized carbons (Fsp3) is 0.526. The number of nitrogens with one attached hydrogen (secondary N) is 1. The lowest BCUT2D eigenvalue weighted by Gasteiger charge is -2.38. The lowest BCUT2D eigenvalue weighted by Crippen LogP contribution is -2.53. The van der Waals surface area contributed by atoms with Crippen molar-refractivity contribution in [2.75, 3.05) is 20.2 Å². The minimum Gasteiger partial charge on any atom is -0.497 e. The highest BCUT2D eigenvalue weighted by Crippen LogP contribution is 2.30. The molecule has 27 heavy (non-hydrogen) atoms. The van der Waals surface area contributed by atoms with E-state index in [1.807, 2.05) is 0 Å². The second kappa shape index (κ2) is 7.86. The van der Waals surface area contributed by atoms with Gasteiger partial charge in [0, 0.05) is 44.3 Å². The zero-order valence-electron chi connectivity index (χ0n) is 15.4. The number of piperidine rings is 1. The van der Waals surface area contributed by atoms with E-state index < -0.39 is 11.8 Å². The predicted molar refractivity (Wildman–Crippen MR) is 98.8 cm³/mol.